The van der Waals surface area contributed by atoms with Gasteiger partial charge in [-0.25, -0.2) is 0 Å². The molecule has 1 atom stereocenters. The summed E-state index contributed by atoms with van der Waals surface area (Å²) in [5.41, 5.74) is 0.383. The number of aliphatic hydroxyl groups excluding tert-OH is 1. The average Bonchev–Trinajstić information content (AvgIpc) is 2.18. The molecule has 3 N–H and O–H groups in total. The number of nitrogens with one attached hydrogen (secondary N) is 1. The number of aliphatic hydroxyl groups is 1. The van der Waals surface area contributed by atoms with Gasteiger partial charge in [-0.3, -0.25) is 4.79 Å². The predicted molar refractivity (Wildman–Crippen MR) is 64.8 cm³/mol. The van der Waals surface area contributed by atoms with Gasteiger partial charge in [-0.05, 0) is 47.7 Å². The van der Waals surface area contributed by atoms with E-state index in [4.69, 9.17) is 5.11 Å². The summed E-state index contributed by atoms with van der Waals surface area (Å²) in [7, 11) is 0. The number of rotatable bonds is 3. The van der Waals surface area contributed by atoms with E-state index in [-0.39, 0.29) is 18.2 Å². The number of carbonyl (C=O) groups is 1. The van der Waals surface area contributed by atoms with Crippen LogP contribution < -0.4 is 5.32 Å². The zero-order valence-electron chi connectivity index (χ0n) is 8.20. The third-order valence-electron chi connectivity index (χ3n) is 1.77. The van der Waals surface area contributed by atoms with E-state index in [9.17, 15) is 9.90 Å². The zero-order chi connectivity index (χ0) is 11.4. The standard InChI is InChI=1S/C10H12INO3/c1-6(13)5-12-10(15)7-2-3-8(11)9(14)4-7/h2-4,6,13-14H,5H2,1H3,(H,12,15)/t6-/m0/s1. The first kappa shape index (κ1) is 12.3. The van der Waals surface area contributed by atoms with Gasteiger partial charge in [-0.15, -0.1) is 0 Å². The summed E-state index contributed by atoms with van der Waals surface area (Å²) in [5, 5.41) is 20.9. The Labute approximate surface area is 101 Å². The third kappa shape index (κ3) is 3.67. The molecule has 82 valence electrons. The lowest BCUT2D eigenvalue weighted by atomic mass is 10.2. The lowest BCUT2D eigenvalue weighted by Gasteiger charge is -2.07. The van der Waals surface area contributed by atoms with Crippen LogP contribution >= 0.6 is 22.6 Å². The number of amides is 1. The van der Waals surface area contributed by atoms with E-state index < -0.39 is 6.10 Å². The zero-order valence-corrected chi connectivity index (χ0v) is 10.4. The number of hydrogen-bond acceptors (Lipinski definition) is 3. The van der Waals surface area contributed by atoms with Crippen molar-refractivity contribution in [1.29, 1.82) is 0 Å². The molecule has 1 aromatic carbocycles. The first-order chi connectivity index (χ1) is 7.00. The van der Waals surface area contributed by atoms with Crippen molar-refractivity contribution in [2.75, 3.05) is 6.54 Å². The van der Waals surface area contributed by atoms with Gasteiger partial charge in [0.2, 0.25) is 0 Å². The molecule has 1 amide bonds. The molecule has 1 aromatic rings. The summed E-state index contributed by atoms with van der Waals surface area (Å²) < 4.78 is 0.694. The Balaban J connectivity index is 2.70. The molecule has 0 heterocycles. The number of phenolic OH excluding ortho intramolecular Hbond substituents is 1. The number of halogens is 1. The van der Waals surface area contributed by atoms with Gasteiger partial charge in [-0.1, -0.05) is 0 Å². The van der Waals surface area contributed by atoms with Crippen molar-refractivity contribution in [1.82, 2.24) is 5.32 Å². The molecule has 0 unspecified atom stereocenters. The SMILES string of the molecule is C[C@H](O)CNC(=O)c1ccc(I)c(O)c1. The molecule has 0 aromatic heterocycles. The third-order valence-corrected chi connectivity index (χ3v) is 2.68. The van der Waals surface area contributed by atoms with E-state index >= 15 is 0 Å². The molecular weight excluding hydrogens is 309 g/mol. The smallest absolute Gasteiger partial charge is 0.251 e. The highest BCUT2D eigenvalue weighted by Gasteiger charge is 2.08. The molecule has 0 aliphatic carbocycles. The lowest BCUT2D eigenvalue weighted by molar-refractivity contribution is 0.0923. The minimum atomic E-state index is -0.577. The summed E-state index contributed by atoms with van der Waals surface area (Å²) >= 11 is 1.97. The minimum absolute atomic E-state index is 0.0836. The van der Waals surface area contributed by atoms with E-state index in [0.29, 0.717) is 9.13 Å². The van der Waals surface area contributed by atoms with Crippen LogP contribution in [0.2, 0.25) is 0 Å². The van der Waals surface area contributed by atoms with Crippen LogP contribution in [-0.2, 0) is 0 Å². The molecule has 0 spiro atoms. The fourth-order valence-corrected chi connectivity index (χ4v) is 1.33. The summed E-state index contributed by atoms with van der Waals surface area (Å²) in [5.74, 6) is -0.220. The second-order valence-corrected chi connectivity index (χ2v) is 4.39. The van der Waals surface area contributed by atoms with E-state index in [1.165, 1.54) is 6.07 Å². The van der Waals surface area contributed by atoms with Crippen molar-refractivity contribution in [3.8, 4) is 5.75 Å². The van der Waals surface area contributed by atoms with Gasteiger partial charge in [0.15, 0.2) is 0 Å². The fraction of sp³-hybridized carbons (Fsp3) is 0.300. The van der Waals surface area contributed by atoms with Crippen LogP contribution in [0.25, 0.3) is 0 Å². The fourth-order valence-electron chi connectivity index (χ4n) is 0.996. The van der Waals surface area contributed by atoms with Crippen molar-refractivity contribution in [2.24, 2.45) is 0 Å². The van der Waals surface area contributed by atoms with Crippen molar-refractivity contribution < 1.29 is 15.0 Å². The molecule has 0 bridgehead atoms. The summed E-state index contributed by atoms with van der Waals surface area (Å²) in [6, 6.07) is 4.69. The highest BCUT2D eigenvalue weighted by molar-refractivity contribution is 14.1. The molecule has 15 heavy (non-hydrogen) atoms. The van der Waals surface area contributed by atoms with Crippen molar-refractivity contribution in [3.63, 3.8) is 0 Å². The first-order valence-corrected chi connectivity index (χ1v) is 5.53. The Morgan fingerprint density at radius 3 is 2.80 bits per heavy atom. The number of hydrogen-bond donors (Lipinski definition) is 3. The lowest BCUT2D eigenvalue weighted by Crippen LogP contribution is -2.30. The van der Waals surface area contributed by atoms with Crippen LogP contribution in [0.5, 0.6) is 5.75 Å². The number of carbonyl (C=O) groups excluding carboxylic acids is 1. The molecule has 0 aliphatic rings. The van der Waals surface area contributed by atoms with Gasteiger partial charge in [0.1, 0.15) is 5.75 Å². The van der Waals surface area contributed by atoms with Gasteiger partial charge < -0.3 is 15.5 Å². The number of phenols is 1. The number of benzene rings is 1. The van der Waals surface area contributed by atoms with Gasteiger partial charge in [-0.2, -0.15) is 0 Å². The maximum atomic E-state index is 11.5. The van der Waals surface area contributed by atoms with Crippen molar-refractivity contribution >= 4 is 28.5 Å². The largest absolute Gasteiger partial charge is 0.507 e. The van der Waals surface area contributed by atoms with Gasteiger partial charge in [0.25, 0.3) is 5.91 Å². The Bertz CT molecular complexity index is 366. The molecule has 0 saturated carbocycles. The highest BCUT2D eigenvalue weighted by atomic mass is 127. The molecule has 0 saturated heterocycles. The average molecular weight is 321 g/mol. The Kier molecular flexibility index (Phi) is 4.34. The van der Waals surface area contributed by atoms with Crippen LogP contribution in [0.15, 0.2) is 18.2 Å². The first-order valence-electron chi connectivity index (χ1n) is 4.45. The summed E-state index contributed by atoms with van der Waals surface area (Å²) in [6.45, 7) is 1.79. The number of aromatic hydroxyl groups is 1. The molecule has 0 radical (unpaired) electrons. The minimum Gasteiger partial charge on any atom is -0.507 e. The summed E-state index contributed by atoms with van der Waals surface area (Å²) in [6.07, 6.45) is -0.577. The molecule has 4 nitrogen and oxygen atoms in total. The Morgan fingerprint density at radius 1 is 1.60 bits per heavy atom. The van der Waals surface area contributed by atoms with Crippen LogP contribution in [-0.4, -0.2) is 28.8 Å². The van der Waals surface area contributed by atoms with Crippen LogP contribution in [0.4, 0.5) is 0 Å². The quantitative estimate of drug-likeness (QED) is 0.731. The monoisotopic (exact) mass is 321 g/mol. The van der Waals surface area contributed by atoms with E-state index in [1.54, 1.807) is 19.1 Å². The van der Waals surface area contributed by atoms with Gasteiger partial charge in [0, 0.05) is 12.1 Å². The van der Waals surface area contributed by atoms with Gasteiger partial charge >= 0.3 is 0 Å². The Morgan fingerprint density at radius 2 is 2.27 bits per heavy atom. The summed E-state index contributed by atoms with van der Waals surface area (Å²) in [4.78, 5) is 11.5. The highest BCUT2D eigenvalue weighted by Crippen LogP contribution is 2.20. The normalized spacial score (nSPS) is 12.2. The molecular formula is C10H12INO3. The van der Waals surface area contributed by atoms with Crippen LogP contribution in [0, 0.1) is 3.57 Å². The van der Waals surface area contributed by atoms with E-state index in [1.807, 2.05) is 22.6 Å². The second kappa shape index (κ2) is 5.32. The molecule has 0 fully saturated rings. The van der Waals surface area contributed by atoms with Crippen LogP contribution in [0.3, 0.4) is 0 Å². The molecule has 5 heteroatoms. The van der Waals surface area contributed by atoms with E-state index in [2.05, 4.69) is 5.32 Å². The Hall–Kier alpha value is -0.820. The molecule has 0 aliphatic heterocycles. The van der Waals surface area contributed by atoms with Gasteiger partial charge in [0.05, 0.1) is 9.67 Å². The van der Waals surface area contributed by atoms with E-state index in [0.717, 1.165) is 0 Å². The predicted octanol–water partition coefficient (Wildman–Crippen LogP) is 1.11. The van der Waals surface area contributed by atoms with Crippen molar-refractivity contribution in [2.45, 2.75) is 13.0 Å². The maximum Gasteiger partial charge on any atom is 0.251 e. The topological polar surface area (TPSA) is 69.6 Å². The second-order valence-electron chi connectivity index (χ2n) is 3.23. The van der Waals surface area contributed by atoms with Crippen LogP contribution in [0.1, 0.15) is 17.3 Å². The van der Waals surface area contributed by atoms with Crippen molar-refractivity contribution in [3.05, 3.63) is 27.3 Å². The molecule has 1 rings (SSSR count). The maximum absolute atomic E-state index is 11.5.